The number of amides is 2. The van der Waals surface area contributed by atoms with Crippen molar-refractivity contribution in [1.29, 1.82) is 0 Å². The molecule has 0 radical (unpaired) electrons. The molecule has 2 rings (SSSR count). The summed E-state index contributed by atoms with van der Waals surface area (Å²) in [7, 11) is 1.56. The number of nitrogens with zero attached hydrogens (tertiary/aromatic N) is 1. The fourth-order valence-electron chi connectivity index (χ4n) is 1.55. The van der Waals surface area contributed by atoms with Crippen molar-refractivity contribution in [3.05, 3.63) is 24.2 Å². The Labute approximate surface area is 97.2 Å². The molecule has 0 aromatic carbocycles. The molecule has 5 nitrogen and oxygen atoms in total. The Bertz CT molecular complexity index is 391. The van der Waals surface area contributed by atoms with Gasteiger partial charge >= 0.3 is 0 Å². The molecule has 16 heavy (non-hydrogen) atoms. The summed E-state index contributed by atoms with van der Waals surface area (Å²) in [5.41, 5.74) is 0.916. The van der Waals surface area contributed by atoms with Crippen LogP contribution in [0.4, 0.5) is 0 Å². The van der Waals surface area contributed by atoms with E-state index in [0.717, 1.165) is 5.56 Å². The molecule has 1 N–H and O–H groups in total. The Morgan fingerprint density at radius 1 is 1.75 bits per heavy atom. The van der Waals surface area contributed by atoms with Gasteiger partial charge in [0.1, 0.15) is 11.9 Å². The highest BCUT2D eigenvalue weighted by atomic mass is 32.2. The number of carbonyl (C=O) groups excluding carboxylic acids is 2. The zero-order valence-corrected chi connectivity index (χ0v) is 9.62. The molecule has 2 amide bonds. The quantitative estimate of drug-likeness (QED) is 0.840. The van der Waals surface area contributed by atoms with Crippen LogP contribution in [0.5, 0.6) is 0 Å². The molecule has 1 aromatic rings. The number of rotatable bonds is 3. The lowest BCUT2D eigenvalue weighted by atomic mass is 10.3. The van der Waals surface area contributed by atoms with E-state index in [-0.39, 0.29) is 23.7 Å². The molecule has 86 valence electrons. The summed E-state index contributed by atoms with van der Waals surface area (Å²) < 4.78 is 4.99. The highest BCUT2D eigenvalue weighted by Crippen LogP contribution is 2.38. The number of likely N-dealkylation sites (N-methyl/N-ethyl adjacent to an activating group) is 1. The van der Waals surface area contributed by atoms with Crippen molar-refractivity contribution in [3.8, 4) is 0 Å². The van der Waals surface area contributed by atoms with E-state index >= 15 is 0 Å². The van der Waals surface area contributed by atoms with Crippen LogP contribution in [0.25, 0.3) is 0 Å². The molecule has 6 heteroatoms. The Morgan fingerprint density at radius 2 is 2.56 bits per heavy atom. The first-order valence-electron chi connectivity index (χ1n) is 4.86. The average Bonchev–Trinajstić information content (AvgIpc) is 2.89. The third-order valence-electron chi connectivity index (χ3n) is 2.39. The number of thioether (sulfide) groups is 1. The van der Waals surface area contributed by atoms with Gasteiger partial charge in [-0.15, -0.1) is 11.8 Å². The largest absolute Gasteiger partial charge is 0.472 e. The van der Waals surface area contributed by atoms with Gasteiger partial charge in [-0.1, -0.05) is 0 Å². The van der Waals surface area contributed by atoms with E-state index in [2.05, 4.69) is 5.32 Å². The second-order valence-electron chi connectivity index (χ2n) is 3.41. The van der Waals surface area contributed by atoms with E-state index in [1.165, 1.54) is 11.8 Å². The fraction of sp³-hybridized carbons (Fsp3) is 0.400. The summed E-state index contributed by atoms with van der Waals surface area (Å²) >= 11 is 1.51. The smallest absolute Gasteiger partial charge is 0.239 e. The van der Waals surface area contributed by atoms with E-state index < -0.39 is 0 Å². The van der Waals surface area contributed by atoms with E-state index in [4.69, 9.17) is 4.42 Å². The van der Waals surface area contributed by atoms with Gasteiger partial charge in [0.15, 0.2) is 0 Å². The molecule has 1 fully saturated rings. The minimum absolute atomic E-state index is 0.0141. The number of carbonyl (C=O) groups is 2. The van der Waals surface area contributed by atoms with Crippen LogP contribution in [0.15, 0.2) is 23.0 Å². The van der Waals surface area contributed by atoms with Crippen LogP contribution in [0.2, 0.25) is 0 Å². The van der Waals surface area contributed by atoms with Crippen LogP contribution in [0.3, 0.4) is 0 Å². The standard InChI is InChI=1S/C10H12N2O3S/c1-11-8(13)4-12-9(14)6-16-10(12)7-2-3-15-5-7/h2-3,5,10H,4,6H2,1H3,(H,11,13). The van der Waals surface area contributed by atoms with Crippen LogP contribution in [-0.4, -0.2) is 36.1 Å². The van der Waals surface area contributed by atoms with Crippen LogP contribution < -0.4 is 5.32 Å². The molecule has 0 aliphatic carbocycles. The van der Waals surface area contributed by atoms with Crippen LogP contribution in [0.1, 0.15) is 10.9 Å². The molecular formula is C10H12N2O3S. The van der Waals surface area contributed by atoms with E-state index in [1.807, 2.05) is 6.07 Å². The predicted molar refractivity (Wildman–Crippen MR) is 59.7 cm³/mol. The van der Waals surface area contributed by atoms with Gasteiger partial charge in [-0.05, 0) is 6.07 Å². The molecule has 1 unspecified atom stereocenters. The molecule has 0 spiro atoms. The van der Waals surface area contributed by atoms with Crippen molar-refractivity contribution in [2.75, 3.05) is 19.3 Å². The Morgan fingerprint density at radius 3 is 3.19 bits per heavy atom. The summed E-state index contributed by atoms with van der Waals surface area (Å²) in [6.07, 6.45) is 3.17. The maximum Gasteiger partial charge on any atom is 0.239 e. The first kappa shape index (κ1) is 11.1. The molecule has 1 saturated heterocycles. The monoisotopic (exact) mass is 240 g/mol. The predicted octanol–water partition coefficient (Wildman–Crippen LogP) is 0.600. The Hall–Kier alpha value is -1.43. The zero-order valence-electron chi connectivity index (χ0n) is 8.80. The van der Waals surface area contributed by atoms with Gasteiger partial charge in [0.2, 0.25) is 11.8 Å². The summed E-state index contributed by atoms with van der Waals surface area (Å²) in [5, 5.41) is 2.40. The maximum absolute atomic E-state index is 11.6. The minimum Gasteiger partial charge on any atom is -0.472 e. The van der Waals surface area contributed by atoms with Crippen LogP contribution >= 0.6 is 11.8 Å². The number of furan rings is 1. The summed E-state index contributed by atoms with van der Waals surface area (Å²) in [6, 6.07) is 1.81. The maximum atomic E-state index is 11.6. The molecule has 0 saturated carbocycles. The first-order chi connectivity index (χ1) is 7.72. The fourth-order valence-corrected chi connectivity index (χ4v) is 2.72. The second-order valence-corrected chi connectivity index (χ2v) is 4.48. The van der Waals surface area contributed by atoms with E-state index in [9.17, 15) is 9.59 Å². The number of nitrogens with one attached hydrogen (secondary N) is 1. The molecule has 1 aliphatic rings. The van der Waals surface area contributed by atoms with Gasteiger partial charge in [-0.3, -0.25) is 9.59 Å². The summed E-state index contributed by atoms with van der Waals surface area (Å²) in [5.74, 6) is 0.233. The van der Waals surface area contributed by atoms with Gasteiger partial charge < -0.3 is 14.6 Å². The van der Waals surface area contributed by atoms with Crippen molar-refractivity contribution in [2.24, 2.45) is 0 Å². The van der Waals surface area contributed by atoms with Crippen molar-refractivity contribution in [3.63, 3.8) is 0 Å². The highest BCUT2D eigenvalue weighted by Gasteiger charge is 2.34. The van der Waals surface area contributed by atoms with Gasteiger partial charge in [0.25, 0.3) is 0 Å². The topological polar surface area (TPSA) is 62.6 Å². The second kappa shape index (κ2) is 4.61. The Balaban J connectivity index is 2.13. The molecule has 1 aromatic heterocycles. The summed E-state index contributed by atoms with van der Waals surface area (Å²) in [6.45, 7) is 0.0954. The lowest BCUT2D eigenvalue weighted by Gasteiger charge is -2.21. The van der Waals surface area contributed by atoms with E-state index in [0.29, 0.717) is 5.75 Å². The van der Waals surface area contributed by atoms with Gasteiger partial charge in [-0.25, -0.2) is 0 Å². The van der Waals surface area contributed by atoms with Crippen LogP contribution in [0, 0.1) is 0 Å². The summed E-state index contributed by atoms with van der Waals surface area (Å²) in [4.78, 5) is 24.5. The minimum atomic E-state index is -0.163. The highest BCUT2D eigenvalue weighted by molar-refractivity contribution is 8.00. The molecule has 0 bridgehead atoms. The average molecular weight is 240 g/mol. The molecule has 1 atom stereocenters. The normalized spacial score (nSPS) is 20.2. The lowest BCUT2D eigenvalue weighted by Crippen LogP contribution is -2.37. The third-order valence-corrected chi connectivity index (χ3v) is 3.65. The van der Waals surface area contributed by atoms with Gasteiger partial charge in [0, 0.05) is 12.6 Å². The molecule has 2 heterocycles. The van der Waals surface area contributed by atoms with Crippen molar-refractivity contribution >= 4 is 23.6 Å². The Kier molecular flexibility index (Phi) is 3.19. The molecule has 1 aliphatic heterocycles. The van der Waals surface area contributed by atoms with Crippen LogP contribution in [-0.2, 0) is 9.59 Å². The van der Waals surface area contributed by atoms with Crippen molar-refractivity contribution < 1.29 is 14.0 Å². The third kappa shape index (κ3) is 2.06. The van der Waals surface area contributed by atoms with Gasteiger partial charge in [-0.2, -0.15) is 0 Å². The SMILES string of the molecule is CNC(=O)CN1C(=O)CSC1c1ccoc1. The lowest BCUT2D eigenvalue weighted by molar-refractivity contribution is -0.133. The van der Waals surface area contributed by atoms with Crippen molar-refractivity contribution in [1.82, 2.24) is 10.2 Å². The zero-order chi connectivity index (χ0) is 11.5. The number of hydrogen-bond acceptors (Lipinski definition) is 4. The molecular weight excluding hydrogens is 228 g/mol. The van der Waals surface area contributed by atoms with Gasteiger partial charge in [0.05, 0.1) is 18.3 Å². The number of hydrogen-bond donors (Lipinski definition) is 1. The van der Waals surface area contributed by atoms with Crippen molar-refractivity contribution in [2.45, 2.75) is 5.37 Å². The first-order valence-corrected chi connectivity index (χ1v) is 5.91. The van der Waals surface area contributed by atoms with E-state index in [1.54, 1.807) is 24.5 Å².